The average Bonchev–Trinajstić information content (AvgIpc) is 3.65. The molecule has 4 aromatic heterocycles. The van der Waals surface area contributed by atoms with Gasteiger partial charge in [0.05, 0.1) is 5.69 Å². The molecule has 1 N–H and O–H groups in total. The van der Waals surface area contributed by atoms with Crippen molar-refractivity contribution in [3.8, 4) is 5.69 Å². The van der Waals surface area contributed by atoms with Crippen LogP contribution in [0.2, 0.25) is 0 Å². The molecule has 1 aromatic carbocycles. The smallest absolute Gasteiger partial charge is 0.324 e. The fourth-order valence-electron chi connectivity index (χ4n) is 4.58. The number of halogens is 1. The van der Waals surface area contributed by atoms with E-state index in [0.29, 0.717) is 17.6 Å². The van der Waals surface area contributed by atoms with Crippen molar-refractivity contribution in [2.75, 3.05) is 23.3 Å². The maximum absolute atomic E-state index is 14.7. The molecule has 1 saturated heterocycles. The van der Waals surface area contributed by atoms with Crippen LogP contribution in [0.1, 0.15) is 50.0 Å². The molecule has 5 heterocycles. The minimum absolute atomic E-state index is 0.237. The summed E-state index contributed by atoms with van der Waals surface area (Å²) in [5, 5.41) is 18.2. The molecule has 12 heteroatoms. The van der Waals surface area contributed by atoms with Crippen LogP contribution in [-0.2, 0) is 0 Å². The lowest BCUT2D eigenvalue weighted by molar-refractivity contribution is 0.386. The number of pyridine rings is 1. The topological polar surface area (TPSA) is 115 Å². The van der Waals surface area contributed by atoms with E-state index >= 15 is 0 Å². The highest BCUT2D eigenvalue weighted by molar-refractivity contribution is 5.74. The highest BCUT2D eigenvalue weighted by Gasteiger charge is 2.26. The summed E-state index contributed by atoms with van der Waals surface area (Å²) in [7, 11) is 0. The number of hydrogen-bond donors (Lipinski definition) is 1. The van der Waals surface area contributed by atoms with Gasteiger partial charge in [0, 0.05) is 48.7 Å². The monoisotopic (exact) mass is 488 g/mol. The molecular weight excluding hydrogens is 463 g/mol. The van der Waals surface area contributed by atoms with Crippen molar-refractivity contribution < 1.29 is 8.91 Å². The molecule has 5 aromatic rings. The van der Waals surface area contributed by atoms with Crippen molar-refractivity contribution in [3.05, 3.63) is 66.4 Å². The Morgan fingerprint density at radius 1 is 1.17 bits per heavy atom. The molecule has 11 nitrogen and oxygen atoms in total. The lowest BCUT2D eigenvalue weighted by atomic mass is 9.94. The summed E-state index contributed by atoms with van der Waals surface area (Å²) in [5.74, 6) is 0.893. The van der Waals surface area contributed by atoms with Crippen molar-refractivity contribution in [2.24, 2.45) is 0 Å². The fourth-order valence-corrected chi connectivity index (χ4v) is 4.58. The molecule has 0 aliphatic carbocycles. The third-order valence-corrected chi connectivity index (χ3v) is 6.52. The Labute approximate surface area is 205 Å². The van der Waals surface area contributed by atoms with Crippen molar-refractivity contribution in [2.45, 2.75) is 38.5 Å². The van der Waals surface area contributed by atoms with Crippen LogP contribution in [0, 0.1) is 5.82 Å². The van der Waals surface area contributed by atoms with Crippen molar-refractivity contribution >= 4 is 23.0 Å². The molecule has 1 aliphatic heterocycles. The summed E-state index contributed by atoms with van der Waals surface area (Å²) in [4.78, 5) is 11.4. The molecule has 6 rings (SSSR count). The van der Waals surface area contributed by atoms with Gasteiger partial charge in [0.25, 0.3) is 0 Å². The molecule has 0 saturated carbocycles. The number of rotatable bonds is 6. The normalized spacial score (nSPS) is 14.7. The molecule has 1 aliphatic rings. The summed E-state index contributed by atoms with van der Waals surface area (Å²) in [6.45, 7) is 5.78. The number of anilines is 3. The van der Waals surface area contributed by atoms with E-state index in [1.54, 1.807) is 12.1 Å². The van der Waals surface area contributed by atoms with Crippen LogP contribution in [0.5, 0.6) is 0 Å². The number of piperidine rings is 1. The number of hydrogen-bond acceptors (Lipinski definition) is 9. The molecule has 0 atom stereocenters. The number of benzene rings is 1. The van der Waals surface area contributed by atoms with Gasteiger partial charge in [-0.1, -0.05) is 19.0 Å². The number of imidazole rings is 1. The van der Waals surface area contributed by atoms with Gasteiger partial charge in [0.1, 0.15) is 12.0 Å². The summed E-state index contributed by atoms with van der Waals surface area (Å²) >= 11 is 0. The molecule has 0 unspecified atom stereocenters. The molecule has 184 valence electrons. The first-order valence-corrected chi connectivity index (χ1v) is 11.9. The first-order chi connectivity index (χ1) is 17.6. The van der Waals surface area contributed by atoms with Crippen molar-refractivity contribution in [1.82, 2.24) is 39.7 Å². The summed E-state index contributed by atoms with van der Waals surface area (Å²) in [5.41, 5.74) is 3.62. The van der Waals surface area contributed by atoms with Crippen LogP contribution in [-0.4, -0.2) is 52.8 Å². The second kappa shape index (κ2) is 9.02. The quantitative estimate of drug-likeness (QED) is 0.377. The summed E-state index contributed by atoms with van der Waals surface area (Å²) in [6, 6.07) is 9.33. The zero-order chi connectivity index (χ0) is 24.6. The maximum Gasteiger partial charge on any atom is 0.324 e. The lowest BCUT2D eigenvalue weighted by Gasteiger charge is -2.30. The third kappa shape index (κ3) is 4.04. The van der Waals surface area contributed by atoms with Gasteiger partial charge in [-0.15, -0.1) is 5.10 Å². The van der Waals surface area contributed by atoms with Gasteiger partial charge in [0.2, 0.25) is 0 Å². The van der Waals surface area contributed by atoms with Gasteiger partial charge in [-0.25, -0.2) is 9.37 Å². The molecule has 0 bridgehead atoms. The molecule has 0 spiro atoms. The van der Waals surface area contributed by atoms with Crippen LogP contribution in [0.4, 0.5) is 21.8 Å². The van der Waals surface area contributed by atoms with Gasteiger partial charge >= 0.3 is 6.01 Å². The molecule has 36 heavy (non-hydrogen) atoms. The Balaban J connectivity index is 1.19. The van der Waals surface area contributed by atoms with Crippen molar-refractivity contribution in [1.29, 1.82) is 0 Å². The van der Waals surface area contributed by atoms with Crippen LogP contribution < -0.4 is 10.2 Å². The Bertz CT molecular complexity index is 1480. The van der Waals surface area contributed by atoms with E-state index in [4.69, 9.17) is 9.51 Å². The Morgan fingerprint density at radius 3 is 2.75 bits per heavy atom. The minimum Gasteiger partial charge on any atom is -0.352 e. The van der Waals surface area contributed by atoms with Gasteiger partial charge in [-0.05, 0) is 53.6 Å². The van der Waals surface area contributed by atoms with E-state index in [9.17, 15) is 4.39 Å². The van der Waals surface area contributed by atoms with E-state index in [2.05, 4.69) is 54.1 Å². The lowest BCUT2D eigenvalue weighted by Crippen LogP contribution is -2.33. The molecule has 0 amide bonds. The van der Waals surface area contributed by atoms with Crippen LogP contribution in [0.3, 0.4) is 0 Å². The molecule has 1 fully saturated rings. The van der Waals surface area contributed by atoms with Crippen LogP contribution in [0.25, 0.3) is 11.3 Å². The number of fused-ring (bicyclic) bond motifs is 1. The summed E-state index contributed by atoms with van der Waals surface area (Å²) in [6.07, 6.45) is 7.21. The average molecular weight is 489 g/mol. The number of aromatic nitrogens is 8. The largest absolute Gasteiger partial charge is 0.352 e. The van der Waals surface area contributed by atoms with E-state index in [1.165, 1.54) is 17.1 Å². The van der Waals surface area contributed by atoms with Gasteiger partial charge in [-0.2, -0.15) is 9.67 Å². The number of tetrazole rings is 1. The van der Waals surface area contributed by atoms with Gasteiger partial charge in [-0.3, -0.25) is 0 Å². The predicted molar refractivity (Wildman–Crippen MR) is 130 cm³/mol. The van der Waals surface area contributed by atoms with Crippen LogP contribution >= 0.6 is 0 Å². The second-order valence-corrected chi connectivity index (χ2v) is 9.20. The van der Waals surface area contributed by atoms with Gasteiger partial charge < -0.3 is 19.1 Å². The SMILES string of the molecule is CC(C)c1noc(N2CCC(c3cnc4c(Nc5ccc(-n6cnnn6)c(F)c5)cccn34)CC2)n1. The summed E-state index contributed by atoms with van der Waals surface area (Å²) < 4.78 is 23.5. The standard InChI is InChI=1S/C24H25FN10O/c1-15(2)22-29-24(36-30-22)33-10-7-16(8-11-33)21-13-26-23-19(4-3-9-34(21)23)28-17-5-6-20(18(25)12-17)35-14-27-31-32-35/h3-6,9,12-16,28H,7-8,10-11H2,1-2H3. The fraction of sp³-hybridized carbons (Fsp3) is 0.333. The second-order valence-electron chi connectivity index (χ2n) is 9.20. The first kappa shape index (κ1) is 22.1. The van der Waals surface area contributed by atoms with E-state index in [1.807, 2.05) is 24.5 Å². The predicted octanol–water partition coefficient (Wildman–Crippen LogP) is 4.08. The highest BCUT2D eigenvalue weighted by Crippen LogP contribution is 2.32. The Morgan fingerprint density at radius 2 is 2.03 bits per heavy atom. The maximum atomic E-state index is 14.7. The van der Waals surface area contributed by atoms with Crippen molar-refractivity contribution in [3.63, 3.8) is 0 Å². The zero-order valence-electron chi connectivity index (χ0n) is 19.9. The van der Waals surface area contributed by atoms with Crippen LogP contribution in [0.15, 0.2) is 53.6 Å². The Kier molecular flexibility index (Phi) is 5.55. The zero-order valence-corrected chi connectivity index (χ0v) is 19.9. The molecular formula is C24H25FN10O. The number of nitrogens with zero attached hydrogens (tertiary/aromatic N) is 9. The van der Waals surface area contributed by atoms with E-state index in [-0.39, 0.29) is 11.6 Å². The Hall–Kier alpha value is -4.35. The van der Waals surface area contributed by atoms with E-state index < -0.39 is 5.82 Å². The third-order valence-electron chi connectivity index (χ3n) is 6.52. The molecule has 0 radical (unpaired) electrons. The highest BCUT2D eigenvalue weighted by atomic mass is 19.1. The first-order valence-electron chi connectivity index (χ1n) is 11.9. The minimum atomic E-state index is -0.434. The van der Waals surface area contributed by atoms with E-state index in [0.717, 1.165) is 48.8 Å². The van der Waals surface area contributed by atoms with Gasteiger partial charge in [0.15, 0.2) is 17.3 Å². The number of nitrogens with one attached hydrogen (secondary N) is 1.